The van der Waals surface area contributed by atoms with Gasteiger partial charge in [-0.15, -0.1) is 0 Å². The van der Waals surface area contributed by atoms with Gasteiger partial charge >= 0.3 is 0 Å². The number of hydrogen-bond donors (Lipinski definition) is 1. The van der Waals surface area contributed by atoms with Gasteiger partial charge in [0.15, 0.2) is 5.11 Å². The standard InChI is InChI=1S/C25H21ClN2O3S/c1-16-5-3-4-6-22(16)28-24(29)21(27-25(28)32)14-17-7-12-23(30-2)18(13-17)15-31-20-10-8-19(26)9-11-20/h3-14H,15H2,1-2H3,(H,27,32)/b21-14+. The zero-order chi connectivity index (χ0) is 22.7. The number of nitrogens with zero attached hydrogens (tertiary/aromatic N) is 1. The van der Waals surface area contributed by atoms with Gasteiger partial charge in [0.1, 0.15) is 23.8 Å². The SMILES string of the molecule is COc1ccc(/C=C2/NC(=S)N(c3ccccc3C)C2=O)cc1COc1ccc(Cl)cc1. The number of amides is 1. The first-order valence-electron chi connectivity index (χ1n) is 9.94. The molecule has 0 radical (unpaired) electrons. The van der Waals surface area contributed by atoms with Crippen LogP contribution in [0.4, 0.5) is 5.69 Å². The fourth-order valence-corrected chi connectivity index (χ4v) is 3.85. The van der Waals surface area contributed by atoms with E-state index in [2.05, 4.69) is 5.32 Å². The second kappa shape index (κ2) is 9.42. The molecule has 3 aromatic carbocycles. The molecule has 1 amide bonds. The summed E-state index contributed by atoms with van der Waals surface area (Å²) in [5.74, 6) is 1.20. The lowest BCUT2D eigenvalue weighted by Crippen LogP contribution is -2.30. The van der Waals surface area contributed by atoms with Crippen molar-refractivity contribution in [3.8, 4) is 11.5 Å². The Bertz CT molecular complexity index is 1210. The topological polar surface area (TPSA) is 50.8 Å². The maximum absolute atomic E-state index is 13.1. The summed E-state index contributed by atoms with van der Waals surface area (Å²) < 4.78 is 11.3. The van der Waals surface area contributed by atoms with Gasteiger partial charge in [-0.3, -0.25) is 9.69 Å². The van der Waals surface area contributed by atoms with Crippen molar-refractivity contribution in [1.29, 1.82) is 0 Å². The summed E-state index contributed by atoms with van der Waals surface area (Å²) in [5.41, 5.74) is 3.82. The Morgan fingerprint density at radius 1 is 1.09 bits per heavy atom. The molecule has 1 aliphatic heterocycles. The average molecular weight is 465 g/mol. The highest BCUT2D eigenvalue weighted by molar-refractivity contribution is 7.80. The number of thiocarbonyl (C=S) groups is 1. The molecule has 3 aromatic rings. The first-order valence-corrected chi connectivity index (χ1v) is 10.7. The Hall–Kier alpha value is -3.35. The Balaban J connectivity index is 1.58. The molecule has 0 unspecified atom stereocenters. The zero-order valence-electron chi connectivity index (χ0n) is 17.6. The molecule has 0 aromatic heterocycles. The molecule has 4 rings (SSSR count). The van der Waals surface area contributed by atoms with Gasteiger partial charge in [0.25, 0.3) is 5.91 Å². The lowest BCUT2D eigenvalue weighted by Gasteiger charge is -2.16. The average Bonchev–Trinajstić information content (AvgIpc) is 3.06. The minimum atomic E-state index is -0.195. The van der Waals surface area contributed by atoms with Gasteiger partial charge in [-0.25, -0.2) is 0 Å². The van der Waals surface area contributed by atoms with Crippen molar-refractivity contribution in [2.75, 3.05) is 12.0 Å². The number of carbonyl (C=O) groups is 1. The molecule has 32 heavy (non-hydrogen) atoms. The summed E-state index contributed by atoms with van der Waals surface area (Å²) in [4.78, 5) is 14.6. The van der Waals surface area contributed by atoms with Crippen molar-refractivity contribution < 1.29 is 14.3 Å². The van der Waals surface area contributed by atoms with Gasteiger partial charge in [-0.05, 0) is 78.8 Å². The van der Waals surface area contributed by atoms with Crippen LogP contribution in [0.1, 0.15) is 16.7 Å². The number of hydrogen-bond acceptors (Lipinski definition) is 4. The van der Waals surface area contributed by atoms with Crippen molar-refractivity contribution in [2.45, 2.75) is 13.5 Å². The minimum Gasteiger partial charge on any atom is -0.496 e. The molecule has 0 aliphatic carbocycles. The van der Waals surface area contributed by atoms with E-state index >= 15 is 0 Å². The molecule has 5 nitrogen and oxygen atoms in total. The van der Waals surface area contributed by atoms with Crippen molar-refractivity contribution in [1.82, 2.24) is 5.32 Å². The summed E-state index contributed by atoms with van der Waals surface area (Å²) >= 11 is 11.4. The molecule has 1 saturated heterocycles. The summed E-state index contributed by atoms with van der Waals surface area (Å²) in [6, 6.07) is 20.5. The molecule has 0 spiro atoms. The van der Waals surface area contributed by atoms with E-state index in [0.29, 0.717) is 33.9 Å². The molecule has 0 atom stereocenters. The summed E-state index contributed by atoms with van der Waals surface area (Å²) in [7, 11) is 1.61. The monoisotopic (exact) mass is 464 g/mol. The van der Waals surface area contributed by atoms with Crippen LogP contribution in [0.5, 0.6) is 11.5 Å². The Kier molecular flexibility index (Phi) is 6.44. The van der Waals surface area contributed by atoms with Crippen molar-refractivity contribution in [3.05, 3.63) is 94.1 Å². The molecule has 0 saturated carbocycles. The van der Waals surface area contributed by atoms with Crippen LogP contribution in [0.3, 0.4) is 0 Å². The van der Waals surface area contributed by atoms with E-state index in [1.807, 2.05) is 61.5 Å². The van der Waals surface area contributed by atoms with Crippen LogP contribution in [-0.4, -0.2) is 18.1 Å². The predicted molar refractivity (Wildman–Crippen MR) is 131 cm³/mol. The fraction of sp³-hybridized carbons (Fsp3) is 0.120. The van der Waals surface area contributed by atoms with E-state index in [1.54, 1.807) is 25.3 Å². The maximum atomic E-state index is 13.1. The van der Waals surface area contributed by atoms with Gasteiger partial charge in [0.05, 0.1) is 12.8 Å². The van der Waals surface area contributed by atoms with Crippen molar-refractivity contribution in [3.63, 3.8) is 0 Å². The van der Waals surface area contributed by atoms with Crippen molar-refractivity contribution >= 4 is 46.6 Å². The van der Waals surface area contributed by atoms with Gasteiger partial charge in [-0.2, -0.15) is 0 Å². The number of para-hydroxylation sites is 1. The quantitative estimate of drug-likeness (QED) is 0.385. The first-order chi connectivity index (χ1) is 15.5. The smallest absolute Gasteiger partial charge is 0.281 e. The van der Waals surface area contributed by atoms with E-state index in [1.165, 1.54) is 4.90 Å². The number of halogens is 1. The zero-order valence-corrected chi connectivity index (χ0v) is 19.2. The van der Waals surface area contributed by atoms with Crippen LogP contribution < -0.4 is 19.7 Å². The van der Waals surface area contributed by atoms with Gasteiger partial charge in [0.2, 0.25) is 0 Å². The largest absolute Gasteiger partial charge is 0.496 e. The fourth-order valence-electron chi connectivity index (χ4n) is 3.43. The molecule has 7 heteroatoms. The normalized spacial score (nSPS) is 14.6. The van der Waals surface area contributed by atoms with E-state index in [9.17, 15) is 4.79 Å². The number of ether oxygens (including phenoxy) is 2. The van der Waals surface area contributed by atoms with Gasteiger partial charge < -0.3 is 14.8 Å². The third-order valence-electron chi connectivity index (χ3n) is 5.06. The Morgan fingerprint density at radius 2 is 1.84 bits per heavy atom. The Labute approximate surface area is 197 Å². The number of benzene rings is 3. The van der Waals surface area contributed by atoms with Crippen LogP contribution in [0.2, 0.25) is 5.02 Å². The van der Waals surface area contributed by atoms with Crippen LogP contribution in [0.15, 0.2) is 72.4 Å². The summed E-state index contributed by atoms with van der Waals surface area (Å²) in [6.07, 6.45) is 1.78. The van der Waals surface area contributed by atoms with Crippen LogP contribution >= 0.6 is 23.8 Å². The molecule has 1 heterocycles. The minimum absolute atomic E-state index is 0.195. The number of rotatable bonds is 6. The van der Waals surface area contributed by atoms with E-state index in [0.717, 1.165) is 22.4 Å². The second-order valence-corrected chi connectivity index (χ2v) is 8.05. The molecule has 0 bridgehead atoms. The van der Waals surface area contributed by atoms with Crippen LogP contribution in [0, 0.1) is 6.92 Å². The first kappa shape index (κ1) is 21.9. The highest BCUT2D eigenvalue weighted by Crippen LogP contribution is 2.27. The van der Waals surface area contributed by atoms with Gasteiger partial charge in [-0.1, -0.05) is 35.9 Å². The Morgan fingerprint density at radius 3 is 2.56 bits per heavy atom. The van der Waals surface area contributed by atoms with Crippen LogP contribution in [0.25, 0.3) is 6.08 Å². The van der Waals surface area contributed by atoms with E-state index < -0.39 is 0 Å². The third-order valence-corrected chi connectivity index (χ3v) is 5.59. The van der Waals surface area contributed by atoms with E-state index in [-0.39, 0.29) is 5.91 Å². The van der Waals surface area contributed by atoms with E-state index in [4.69, 9.17) is 33.3 Å². The second-order valence-electron chi connectivity index (χ2n) is 7.23. The number of aryl methyl sites for hydroxylation is 1. The highest BCUT2D eigenvalue weighted by Gasteiger charge is 2.32. The molecule has 162 valence electrons. The molecular weight excluding hydrogens is 444 g/mol. The van der Waals surface area contributed by atoms with Crippen LogP contribution in [-0.2, 0) is 11.4 Å². The predicted octanol–water partition coefficient (Wildman–Crippen LogP) is 5.50. The lowest BCUT2D eigenvalue weighted by atomic mass is 10.1. The summed E-state index contributed by atoms with van der Waals surface area (Å²) in [5, 5.41) is 4.04. The molecule has 1 N–H and O–H groups in total. The molecular formula is C25H21ClN2O3S. The lowest BCUT2D eigenvalue weighted by molar-refractivity contribution is -0.113. The number of methoxy groups -OCH3 is 1. The summed E-state index contributed by atoms with van der Waals surface area (Å²) in [6.45, 7) is 2.25. The van der Waals surface area contributed by atoms with Crippen molar-refractivity contribution in [2.24, 2.45) is 0 Å². The molecule has 1 aliphatic rings. The number of nitrogens with one attached hydrogen (secondary N) is 1. The van der Waals surface area contributed by atoms with Gasteiger partial charge in [0, 0.05) is 10.6 Å². The maximum Gasteiger partial charge on any atom is 0.281 e. The molecule has 1 fully saturated rings. The highest BCUT2D eigenvalue weighted by atomic mass is 35.5. The third kappa shape index (κ3) is 4.61. The number of anilines is 1. The number of carbonyl (C=O) groups excluding carboxylic acids is 1.